The molecule has 1 aromatic carbocycles. The highest BCUT2D eigenvalue weighted by atomic mass is 16.5. The van der Waals surface area contributed by atoms with Crippen molar-refractivity contribution >= 4 is 0 Å². The molecule has 0 aliphatic carbocycles. The molecule has 0 bridgehead atoms. The zero-order valence-electron chi connectivity index (χ0n) is 12.8. The van der Waals surface area contributed by atoms with Gasteiger partial charge in [0.25, 0.3) is 0 Å². The van der Waals surface area contributed by atoms with Gasteiger partial charge in [-0.05, 0) is 31.2 Å². The van der Waals surface area contributed by atoms with Crippen molar-refractivity contribution in [1.29, 1.82) is 0 Å². The number of hydrogen-bond acceptors (Lipinski definition) is 3. The highest BCUT2D eigenvalue weighted by Crippen LogP contribution is 2.24. The molecule has 1 heterocycles. The van der Waals surface area contributed by atoms with E-state index in [4.69, 9.17) is 4.74 Å². The Bertz CT molecular complexity index is 629. The first-order valence-electron chi connectivity index (χ1n) is 7.20. The number of rotatable bonds is 6. The maximum Gasteiger partial charge on any atom is 0.181 e. The van der Waals surface area contributed by atoms with Crippen LogP contribution in [0.15, 0.2) is 47.5 Å². The van der Waals surface area contributed by atoms with E-state index in [1.165, 1.54) is 5.56 Å². The average Bonchev–Trinajstić information content (AvgIpc) is 2.50. The summed E-state index contributed by atoms with van der Waals surface area (Å²) in [6.45, 7) is 5.86. The second-order valence-electron chi connectivity index (χ2n) is 5.06. The quantitative estimate of drug-likeness (QED) is 0.887. The van der Waals surface area contributed by atoms with Gasteiger partial charge in [0, 0.05) is 36.1 Å². The molecule has 0 aliphatic rings. The first-order valence-corrected chi connectivity index (χ1v) is 7.20. The lowest BCUT2D eigenvalue weighted by atomic mass is 10.0. The van der Waals surface area contributed by atoms with Crippen LogP contribution in [0.1, 0.15) is 31.0 Å². The number of ether oxygens (including phenoxy) is 1. The molecular weight excluding hydrogens is 264 g/mol. The van der Waals surface area contributed by atoms with Gasteiger partial charge < -0.3 is 14.6 Å². The van der Waals surface area contributed by atoms with Crippen molar-refractivity contribution in [3.05, 3.63) is 64.1 Å². The Morgan fingerprint density at radius 3 is 2.57 bits per heavy atom. The lowest BCUT2D eigenvalue weighted by Crippen LogP contribution is -2.18. The Hall–Kier alpha value is -2.07. The fraction of sp³-hybridized carbons (Fsp3) is 0.353. The number of aromatic nitrogens is 1. The molecule has 1 N–H and O–H groups in total. The summed E-state index contributed by atoms with van der Waals surface area (Å²) >= 11 is 0. The van der Waals surface area contributed by atoms with Crippen molar-refractivity contribution in [2.45, 2.75) is 26.4 Å². The van der Waals surface area contributed by atoms with Crippen LogP contribution in [0.2, 0.25) is 0 Å². The molecule has 0 saturated heterocycles. The zero-order valence-corrected chi connectivity index (χ0v) is 12.8. The molecule has 0 aliphatic heterocycles. The first kappa shape index (κ1) is 15.3. The van der Waals surface area contributed by atoms with Crippen molar-refractivity contribution < 1.29 is 4.74 Å². The highest BCUT2D eigenvalue weighted by Gasteiger charge is 2.09. The van der Waals surface area contributed by atoms with Crippen LogP contribution in [0.3, 0.4) is 0 Å². The molecule has 2 rings (SSSR count). The molecule has 4 heteroatoms. The van der Waals surface area contributed by atoms with Crippen molar-refractivity contribution in [3.8, 4) is 5.75 Å². The summed E-state index contributed by atoms with van der Waals surface area (Å²) in [5.74, 6) is 0.862. The summed E-state index contributed by atoms with van der Waals surface area (Å²) in [4.78, 5) is 11.2. The van der Waals surface area contributed by atoms with E-state index in [2.05, 4.69) is 31.3 Å². The molecule has 0 fully saturated rings. The van der Waals surface area contributed by atoms with E-state index in [1.54, 1.807) is 31.6 Å². The fourth-order valence-corrected chi connectivity index (χ4v) is 2.36. The number of pyridine rings is 1. The van der Waals surface area contributed by atoms with Crippen LogP contribution in [0.4, 0.5) is 0 Å². The van der Waals surface area contributed by atoms with Gasteiger partial charge >= 0.3 is 0 Å². The van der Waals surface area contributed by atoms with Crippen LogP contribution >= 0.6 is 0 Å². The highest BCUT2D eigenvalue weighted by molar-refractivity contribution is 5.38. The molecule has 2 aromatic rings. The molecular formula is C17H22N2O2. The maximum atomic E-state index is 11.2. The predicted octanol–water partition coefficient (Wildman–Crippen LogP) is 2.58. The minimum absolute atomic E-state index is 0.0210. The topological polar surface area (TPSA) is 43.3 Å². The van der Waals surface area contributed by atoms with E-state index in [1.807, 2.05) is 10.6 Å². The predicted molar refractivity (Wildman–Crippen MR) is 84.9 cm³/mol. The normalized spacial score (nSPS) is 12.1. The lowest BCUT2D eigenvalue weighted by Gasteiger charge is -2.17. The summed E-state index contributed by atoms with van der Waals surface area (Å²) in [6, 6.07) is 9.68. The van der Waals surface area contributed by atoms with Gasteiger partial charge in [-0.3, -0.25) is 4.79 Å². The number of nitrogens with one attached hydrogen (secondary N) is 1. The summed E-state index contributed by atoms with van der Waals surface area (Å²) in [7, 11) is 1.68. The Labute approximate surface area is 125 Å². The molecule has 1 atom stereocenters. The monoisotopic (exact) mass is 286 g/mol. The van der Waals surface area contributed by atoms with E-state index in [9.17, 15) is 4.79 Å². The number of hydrogen-bond donors (Lipinski definition) is 1. The Morgan fingerprint density at radius 2 is 1.95 bits per heavy atom. The molecule has 21 heavy (non-hydrogen) atoms. The zero-order chi connectivity index (χ0) is 15.2. The number of nitrogens with zero attached hydrogens (tertiary/aromatic N) is 1. The minimum atomic E-state index is 0.0210. The SMILES string of the molecule is CCNC(C)c1ccc(OC)c(Cn2ccc(=O)cc2)c1. The van der Waals surface area contributed by atoms with Gasteiger partial charge in [-0.25, -0.2) is 0 Å². The van der Waals surface area contributed by atoms with E-state index < -0.39 is 0 Å². The maximum absolute atomic E-state index is 11.2. The second-order valence-corrected chi connectivity index (χ2v) is 5.06. The Morgan fingerprint density at radius 1 is 1.24 bits per heavy atom. The van der Waals surface area contributed by atoms with Crippen molar-refractivity contribution in [2.24, 2.45) is 0 Å². The van der Waals surface area contributed by atoms with Crippen LogP contribution in [0.5, 0.6) is 5.75 Å². The molecule has 0 saturated carbocycles. The van der Waals surface area contributed by atoms with Gasteiger partial charge in [0.05, 0.1) is 13.7 Å². The standard InChI is InChI=1S/C17H22N2O2/c1-4-18-13(2)14-5-6-17(21-3)15(11-14)12-19-9-7-16(20)8-10-19/h5-11,13,18H,4,12H2,1-3H3. The molecule has 1 unspecified atom stereocenters. The second kappa shape index (κ2) is 7.09. The fourth-order valence-electron chi connectivity index (χ4n) is 2.36. The average molecular weight is 286 g/mol. The molecule has 4 nitrogen and oxygen atoms in total. The van der Waals surface area contributed by atoms with Crippen LogP contribution in [-0.2, 0) is 6.54 Å². The molecule has 0 radical (unpaired) electrons. The van der Waals surface area contributed by atoms with Gasteiger partial charge in [-0.15, -0.1) is 0 Å². The summed E-state index contributed by atoms with van der Waals surface area (Å²) in [5.41, 5.74) is 2.35. The summed E-state index contributed by atoms with van der Waals surface area (Å²) < 4.78 is 7.41. The molecule has 1 aromatic heterocycles. The van der Waals surface area contributed by atoms with Crippen LogP contribution < -0.4 is 15.5 Å². The van der Waals surface area contributed by atoms with Gasteiger partial charge in [0.2, 0.25) is 0 Å². The number of methoxy groups -OCH3 is 1. The largest absolute Gasteiger partial charge is 0.496 e. The van der Waals surface area contributed by atoms with E-state index in [0.29, 0.717) is 12.6 Å². The van der Waals surface area contributed by atoms with Gasteiger partial charge in [-0.1, -0.05) is 13.0 Å². The van der Waals surface area contributed by atoms with Crippen LogP contribution in [0, 0.1) is 0 Å². The molecule has 0 spiro atoms. The van der Waals surface area contributed by atoms with Crippen molar-refractivity contribution in [3.63, 3.8) is 0 Å². The van der Waals surface area contributed by atoms with E-state index in [-0.39, 0.29) is 5.43 Å². The third kappa shape index (κ3) is 3.95. The van der Waals surface area contributed by atoms with Crippen molar-refractivity contribution in [2.75, 3.05) is 13.7 Å². The Balaban J connectivity index is 2.29. The van der Waals surface area contributed by atoms with Crippen LogP contribution in [0.25, 0.3) is 0 Å². The van der Waals surface area contributed by atoms with Gasteiger partial charge in [-0.2, -0.15) is 0 Å². The summed E-state index contributed by atoms with van der Waals surface area (Å²) in [5, 5.41) is 3.41. The van der Waals surface area contributed by atoms with Gasteiger partial charge in [0.1, 0.15) is 5.75 Å². The van der Waals surface area contributed by atoms with Crippen molar-refractivity contribution in [1.82, 2.24) is 9.88 Å². The third-order valence-electron chi connectivity index (χ3n) is 3.53. The molecule has 0 amide bonds. The first-order chi connectivity index (χ1) is 10.1. The van der Waals surface area contributed by atoms with E-state index >= 15 is 0 Å². The molecule has 112 valence electrons. The third-order valence-corrected chi connectivity index (χ3v) is 3.53. The lowest BCUT2D eigenvalue weighted by molar-refractivity contribution is 0.408. The minimum Gasteiger partial charge on any atom is -0.496 e. The smallest absolute Gasteiger partial charge is 0.181 e. The van der Waals surface area contributed by atoms with E-state index in [0.717, 1.165) is 17.9 Å². The Kier molecular flexibility index (Phi) is 5.17. The van der Waals surface area contributed by atoms with Crippen LogP contribution in [-0.4, -0.2) is 18.2 Å². The number of benzene rings is 1. The van der Waals surface area contributed by atoms with Gasteiger partial charge in [0.15, 0.2) is 5.43 Å². The summed E-state index contributed by atoms with van der Waals surface area (Å²) in [6.07, 6.45) is 3.59.